The molecule has 0 aliphatic rings. The molecule has 0 unspecified atom stereocenters. The summed E-state index contributed by atoms with van der Waals surface area (Å²) in [5, 5.41) is 16.4. The molecule has 0 aliphatic carbocycles. The molecule has 0 atom stereocenters. The summed E-state index contributed by atoms with van der Waals surface area (Å²) in [5.41, 5.74) is 2.47. The number of hydrogen-bond donors (Lipinski definition) is 2. The fourth-order valence-corrected chi connectivity index (χ4v) is 2.35. The lowest BCUT2D eigenvalue weighted by molar-refractivity contribution is 0.0697. The maximum absolute atomic E-state index is 10.8. The first kappa shape index (κ1) is 14.7. The van der Waals surface area contributed by atoms with Gasteiger partial charge in [-0.15, -0.1) is 0 Å². The number of hydrogen-bond acceptors (Lipinski definition) is 3. The van der Waals surface area contributed by atoms with Gasteiger partial charge < -0.3 is 10.4 Å². The van der Waals surface area contributed by atoms with Gasteiger partial charge in [0.25, 0.3) is 0 Å². The molecule has 1 heterocycles. The lowest BCUT2D eigenvalue weighted by Gasteiger charge is -2.08. The molecule has 6 heteroatoms. The summed E-state index contributed by atoms with van der Waals surface area (Å²) in [7, 11) is 0. The molecule has 20 heavy (non-hydrogen) atoms. The molecule has 1 aromatic heterocycles. The van der Waals surface area contributed by atoms with Crippen LogP contribution in [0.1, 0.15) is 21.5 Å². The SMILES string of the molecule is Cc1cnn(CCNCc2ccc(C(=O)O)cc2Br)c1. The number of aryl methyl sites for hydroxylation is 1. The molecule has 0 radical (unpaired) electrons. The van der Waals surface area contributed by atoms with Crippen molar-refractivity contribution >= 4 is 21.9 Å². The molecular weight excluding hydrogens is 322 g/mol. The largest absolute Gasteiger partial charge is 0.478 e. The average Bonchev–Trinajstić information content (AvgIpc) is 2.81. The maximum Gasteiger partial charge on any atom is 0.335 e. The minimum Gasteiger partial charge on any atom is -0.478 e. The van der Waals surface area contributed by atoms with Crippen molar-refractivity contribution in [2.45, 2.75) is 20.0 Å². The summed E-state index contributed by atoms with van der Waals surface area (Å²) in [6.45, 7) is 4.30. The Morgan fingerprint density at radius 3 is 2.90 bits per heavy atom. The number of nitrogens with one attached hydrogen (secondary N) is 1. The van der Waals surface area contributed by atoms with Gasteiger partial charge in [-0.3, -0.25) is 4.68 Å². The number of carboxylic acids is 1. The highest BCUT2D eigenvalue weighted by Gasteiger charge is 2.06. The zero-order valence-corrected chi connectivity index (χ0v) is 12.7. The second kappa shape index (κ2) is 6.67. The Morgan fingerprint density at radius 1 is 1.50 bits per heavy atom. The van der Waals surface area contributed by atoms with Gasteiger partial charge in [-0.1, -0.05) is 22.0 Å². The molecule has 0 bridgehead atoms. The standard InChI is InChI=1S/C14H16BrN3O2/c1-10-7-17-18(9-10)5-4-16-8-12-3-2-11(14(19)20)6-13(12)15/h2-3,6-7,9,16H,4-5,8H2,1H3,(H,19,20). The molecule has 2 N–H and O–H groups in total. The highest BCUT2D eigenvalue weighted by Crippen LogP contribution is 2.18. The maximum atomic E-state index is 10.8. The van der Waals surface area contributed by atoms with Gasteiger partial charge >= 0.3 is 5.97 Å². The Hall–Kier alpha value is -1.66. The number of carbonyl (C=O) groups is 1. The van der Waals surface area contributed by atoms with Crippen LogP contribution in [-0.2, 0) is 13.1 Å². The summed E-state index contributed by atoms with van der Waals surface area (Å²) < 4.78 is 2.70. The van der Waals surface area contributed by atoms with Crippen LogP contribution in [0.15, 0.2) is 35.1 Å². The lowest BCUT2D eigenvalue weighted by Crippen LogP contribution is -2.20. The topological polar surface area (TPSA) is 67.2 Å². The van der Waals surface area contributed by atoms with Crippen LogP contribution in [0.5, 0.6) is 0 Å². The van der Waals surface area contributed by atoms with Crippen molar-refractivity contribution in [2.24, 2.45) is 0 Å². The van der Waals surface area contributed by atoms with Crippen molar-refractivity contribution in [3.63, 3.8) is 0 Å². The summed E-state index contributed by atoms with van der Waals surface area (Å²) in [6.07, 6.45) is 3.83. The highest BCUT2D eigenvalue weighted by molar-refractivity contribution is 9.10. The Balaban J connectivity index is 1.83. The fraction of sp³-hybridized carbons (Fsp3) is 0.286. The number of halogens is 1. The van der Waals surface area contributed by atoms with E-state index in [2.05, 4.69) is 26.3 Å². The summed E-state index contributed by atoms with van der Waals surface area (Å²) in [6, 6.07) is 5.05. The molecule has 5 nitrogen and oxygen atoms in total. The number of rotatable bonds is 6. The molecule has 0 aliphatic heterocycles. The summed E-state index contributed by atoms with van der Waals surface area (Å²) >= 11 is 3.39. The van der Waals surface area contributed by atoms with Crippen LogP contribution in [0.2, 0.25) is 0 Å². The summed E-state index contributed by atoms with van der Waals surface area (Å²) in [5.74, 6) is -0.917. The van der Waals surface area contributed by atoms with E-state index in [4.69, 9.17) is 5.11 Å². The Morgan fingerprint density at radius 2 is 2.30 bits per heavy atom. The van der Waals surface area contributed by atoms with Crippen LogP contribution in [-0.4, -0.2) is 27.4 Å². The van der Waals surface area contributed by atoms with Crippen molar-refractivity contribution in [2.75, 3.05) is 6.54 Å². The van der Waals surface area contributed by atoms with Crippen LogP contribution >= 0.6 is 15.9 Å². The minimum absolute atomic E-state index is 0.285. The number of nitrogens with zero attached hydrogens (tertiary/aromatic N) is 2. The van der Waals surface area contributed by atoms with Gasteiger partial charge in [-0.2, -0.15) is 5.10 Å². The number of benzene rings is 1. The van der Waals surface area contributed by atoms with E-state index in [1.807, 2.05) is 30.1 Å². The quantitative estimate of drug-likeness (QED) is 0.794. The van der Waals surface area contributed by atoms with Crippen LogP contribution in [0, 0.1) is 6.92 Å². The van der Waals surface area contributed by atoms with E-state index in [9.17, 15) is 4.79 Å². The molecule has 0 amide bonds. The summed E-state index contributed by atoms with van der Waals surface area (Å²) in [4.78, 5) is 10.8. The van der Waals surface area contributed by atoms with E-state index in [1.54, 1.807) is 12.1 Å². The molecular formula is C14H16BrN3O2. The first-order chi connectivity index (χ1) is 9.56. The van der Waals surface area contributed by atoms with Crippen molar-refractivity contribution in [3.05, 3.63) is 51.8 Å². The van der Waals surface area contributed by atoms with Crippen molar-refractivity contribution in [1.82, 2.24) is 15.1 Å². The van der Waals surface area contributed by atoms with Gasteiger partial charge in [-0.05, 0) is 30.2 Å². The van der Waals surface area contributed by atoms with Crippen molar-refractivity contribution in [1.29, 1.82) is 0 Å². The third-order valence-corrected chi connectivity index (χ3v) is 3.63. The second-order valence-electron chi connectivity index (χ2n) is 4.57. The van der Waals surface area contributed by atoms with Gasteiger partial charge in [0.05, 0.1) is 18.3 Å². The van der Waals surface area contributed by atoms with Gasteiger partial charge in [0.2, 0.25) is 0 Å². The van der Waals surface area contributed by atoms with E-state index < -0.39 is 5.97 Å². The van der Waals surface area contributed by atoms with Crippen LogP contribution in [0.25, 0.3) is 0 Å². The van der Waals surface area contributed by atoms with E-state index in [0.29, 0.717) is 6.54 Å². The second-order valence-corrected chi connectivity index (χ2v) is 5.42. The third kappa shape index (κ3) is 3.91. The molecule has 0 fully saturated rings. The average molecular weight is 338 g/mol. The van der Waals surface area contributed by atoms with E-state index >= 15 is 0 Å². The fourth-order valence-electron chi connectivity index (χ4n) is 1.83. The van der Waals surface area contributed by atoms with Gasteiger partial charge in [0, 0.05) is 23.8 Å². The molecule has 0 spiro atoms. The lowest BCUT2D eigenvalue weighted by atomic mass is 10.1. The first-order valence-electron chi connectivity index (χ1n) is 6.28. The van der Waals surface area contributed by atoms with Gasteiger partial charge in [-0.25, -0.2) is 4.79 Å². The van der Waals surface area contributed by atoms with Crippen LogP contribution < -0.4 is 5.32 Å². The normalized spacial score (nSPS) is 10.7. The molecule has 0 saturated carbocycles. The zero-order valence-electron chi connectivity index (χ0n) is 11.1. The van der Waals surface area contributed by atoms with E-state index in [0.717, 1.165) is 28.7 Å². The molecule has 2 aromatic rings. The highest BCUT2D eigenvalue weighted by atomic mass is 79.9. The van der Waals surface area contributed by atoms with Crippen LogP contribution in [0.4, 0.5) is 0 Å². The van der Waals surface area contributed by atoms with Gasteiger partial charge in [0.15, 0.2) is 0 Å². The van der Waals surface area contributed by atoms with E-state index in [-0.39, 0.29) is 5.56 Å². The first-order valence-corrected chi connectivity index (χ1v) is 7.07. The van der Waals surface area contributed by atoms with Crippen molar-refractivity contribution < 1.29 is 9.90 Å². The number of carboxylic acid groups (broad SMARTS) is 1. The van der Waals surface area contributed by atoms with Crippen LogP contribution in [0.3, 0.4) is 0 Å². The minimum atomic E-state index is -0.917. The Kier molecular flexibility index (Phi) is 4.92. The number of aromatic carboxylic acids is 1. The predicted octanol–water partition coefficient (Wildman–Crippen LogP) is 2.44. The molecule has 2 rings (SSSR count). The van der Waals surface area contributed by atoms with Crippen molar-refractivity contribution in [3.8, 4) is 0 Å². The predicted molar refractivity (Wildman–Crippen MR) is 79.8 cm³/mol. The Bertz CT molecular complexity index is 610. The Labute approximate surface area is 125 Å². The smallest absolute Gasteiger partial charge is 0.335 e. The third-order valence-electron chi connectivity index (χ3n) is 2.90. The molecule has 106 valence electrons. The number of aromatic nitrogens is 2. The van der Waals surface area contributed by atoms with Gasteiger partial charge in [0.1, 0.15) is 0 Å². The van der Waals surface area contributed by atoms with E-state index in [1.165, 1.54) is 0 Å². The zero-order chi connectivity index (χ0) is 14.5. The molecule has 1 aromatic carbocycles. The molecule has 0 saturated heterocycles. The monoisotopic (exact) mass is 337 g/mol.